The Morgan fingerprint density at radius 1 is 1.16 bits per heavy atom. The third-order valence-electron chi connectivity index (χ3n) is 3.87. The summed E-state index contributed by atoms with van der Waals surface area (Å²) in [6.07, 6.45) is 0.965. The maximum atomic E-state index is 12.5. The van der Waals surface area contributed by atoms with Crippen LogP contribution in [0.5, 0.6) is 0 Å². The molecule has 19 heavy (non-hydrogen) atoms. The number of anilines is 1. The first kappa shape index (κ1) is 12.0. The van der Waals surface area contributed by atoms with E-state index in [4.69, 9.17) is 5.73 Å². The maximum absolute atomic E-state index is 12.5. The summed E-state index contributed by atoms with van der Waals surface area (Å²) in [5.74, 6) is 0.793. The number of hydrogen-bond acceptors (Lipinski definition) is 2. The van der Waals surface area contributed by atoms with Crippen LogP contribution < -0.4 is 5.73 Å². The van der Waals surface area contributed by atoms with Crippen molar-refractivity contribution in [2.75, 3.05) is 5.73 Å². The molecule has 0 bridgehead atoms. The van der Waals surface area contributed by atoms with Crippen molar-refractivity contribution in [1.29, 1.82) is 0 Å². The SMILES string of the molecule is Cc1cc(N)ccc1C(=O)C1CC1c1ccccc1. The molecule has 2 nitrogen and oxygen atoms in total. The quantitative estimate of drug-likeness (QED) is 0.669. The zero-order chi connectivity index (χ0) is 13.4. The molecule has 0 aliphatic heterocycles. The van der Waals surface area contributed by atoms with Crippen LogP contribution in [0.25, 0.3) is 0 Å². The van der Waals surface area contributed by atoms with E-state index in [1.807, 2.05) is 37.3 Å². The van der Waals surface area contributed by atoms with Crippen LogP contribution in [0.4, 0.5) is 5.69 Å². The fourth-order valence-electron chi connectivity index (χ4n) is 2.72. The summed E-state index contributed by atoms with van der Waals surface area (Å²) >= 11 is 0. The number of benzene rings is 2. The Balaban J connectivity index is 1.80. The average molecular weight is 251 g/mol. The van der Waals surface area contributed by atoms with E-state index < -0.39 is 0 Å². The number of hydrogen-bond donors (Lipinski definition) is 1. The molecule has 0 radical (unpaired) electrons. The van der Waals surface area contributed by atoms with Crippen molar-refractivity contribution >= 4 is 11.5 Å². The maximum Gasteiger partial charge on any atom is 0.166 e. The van der Waals surface area contributed by atoms with Crippen molar-refractivity contribution in [1.82, 2.24) is 0 Å². The number of rotatable bonds is 3. The summed E-state index contributed by atoms with van der Waals surface area (Å²) in [7, 11) is 0. The molecule has 2 unspecified atom stereocenters. The topological polar surface area (TPSA) is 43.1 Å². The minimum absolute atomic E-state index is 0.143. The summed E-state index contributed by atoms with van der Waals surface area (Å²) < 4.78 is 0. The molecule has 3 rings (SSSR count). The third-order valence-corrected chi connectivity index (χ3v) is 3.87. The van der Waals surface area contributed by atoms with Crippen LogP contribution in [0, 0.1) is 12.8 Å². The van der Waals surface area contributed by atoms with E-state index in [2.05, 4.69) is 12.1 Å². The number of nitrogen functional groups attached to an aromatic ring is 1. The van der Waals surface area contributed by atoms with Gasteiger partial charge in [0.1, 0.15) is 0 Å². The number of carbonyl (C=O) groups excluding carboxylic acids is 1. The second-order valence-electron chi connectivity index (χ2n) is 5.30. The van der Waals surface area contributed by atoms with Gasteiger partial charge in [0.05, 0.1) is 0 Å². The van der Waals surface area contributed by atoms with Crippen LogP contribution >= 0.6 is 0 Å². The van der Waals surface area contributed by atoms with Gasteiger partial charge in [-0.1, -0.05) is 30.3 Å². The largest absolute Gasteiger partial charge is 0.399 e. The van der Waals surface area contributed by atoms with Gasteiger partial charge in [-0.25, -0.2) is 0 Å². The Morgan fingerprint density at radius 3 is 2.58 bits per heavy atom. The van der Waals surface area contributed by atoms with Crippen LogP contribution in [-0.2, 0) is 0 Å². The standard InChI is InChI=1S/C17H17NO/c1-11-9-13(18)7-8-14(11)17(19)16-10-15(16)12-5-3-2-4-6-12/h2-9,15-16H,10,18H2,1H3. The normalized spacial score (nSPS) is 21.1. The first-order valence-electron chi connectivity index (χ1n) is 6.62. The highest BCUT2D eigenvalue weighted by molar-refractivity contribution is 6.01. The van der Waals surface area contributed by atoms with E-state index in [-0.39, 0.29) is 11.7 Å². The monoisotopic (exact) mass is 251 g/mol. The van der Waals surface area contributed by atoms with Gasteiger partial charge in [0.2, 0.25) is 0 Å². The molecule has 1 aliphatic rings. The van der Waals surface area contributed by atoms with E-state index >= 15 is 0 Å². The molecule has 2 heteroatoms. The van der Waals surface area contributed by atoms with Gasteiger partial charge in [-0.2, -0.15) is 0 Å². The van der Waals surface area contributed by atoms with E-state index in [9.17, 15) is 4.79 Å². The van der Waals surface area contributed by atoms with Gasteiger partial charge in [-0.15, -0.1) is 0 Å². The van der Waals surface area contributed by atoms with Crippen LogP contribution in [-0.4, -0.2) is 5.78 Å². The molecule has 0 spiro atoms. The lowest BCUT2D eigenvalue weighted by molar-refractivity contribution is 0.0964. The van der Waals surface area contributed by atoms with E-state index in [0.29, 0.717) is 11.6 Å². The van der Waals surface area contributed by atoms with Gasteiger partial charge in [0.15, 0.2) is 5.78 Å². The second kappa shape index (κ2) is 4.54. The lowest BCUT2D eigenvalue weighted by Gasteiger charge is -2.06. The Labute approximate surface area is 113 Å². The summed E-state index contributed by atoms with van der Waals surface area (Å²) in [6, 6.07) is 15.8. The molecule has 2 aromatic carbocycles. The van der Waals surface area contributed by atoms with Gasteiger partial charge < -0.3 is 5.73 Å². The van der Waals surface area contributed by atoms with Gasteiger partial charge >= 0.3 is 0 Å². The highest BCUT2D eigenvalue weighted by atomic mass is 16.1. The first-order valence-corrected chi connectivity index (χ1v) is 6.62. The van der Waals surface area contributed by atoms with Gasteiger partial charge in [0.25, 0.3) is 0 Å². The van der Waals surface area contributed by atoms with E-state index in [1.54, 1.807) is 6.07 Å². The van der Waals surface area contributed by atoms with Gasteiger partial charge in [0, 0.05) is 17.2 Å². The number of nitrogens with two attached hydrogens (primary N) is 1. The molecular weight excluding hydrogens is 234 g/mol. The third kappa shape index (κ3) is 2.26. The number of ketones is 1. The zero-order valence-corrected chi connectivity index (χ0v) is 11.0. The zero-order valence-electron chi connectivity index (χ0n) is 11.0. The smallest absolute Gasteiger partial charge is 0.166 e. The van der Waals surface area contributed by atoms with Gasteiger partial charge in [-0.05, 0) is 48.6 Å². The molecule has 1 fully saturated rings. The predicted octanol–water partition coefficient (Wildman–Crippen LogP) is 3.56. The van der Waals surface area contributed by atoms with Gasteiger partial charge in [-0.3, -0.25) is 4.79 Å². The molecule has 2 N–H and O–H groups in total. The summed E-state index contributed by atoms with van der Waals surface area (Å²) in [4.78, 5) is 12.5. The number of aryl methyl sites for hydroxylation is 1. The van der Waals surface area contributed by atoms with Crippen molar-refractivity contribution in [3.63, 3.8) is 0 Å². The summed E-state index contributed by atoms with van der Waals surface area (Å²) in [5.41, 5.74) is 9.50. The van der Waals surface area contributed by atoms with Crippen LogP contribution in [0.2, 0.25) is 0 Å². The Kier molecular flexibility index (Phi) is 2.86. The number of Topliss-reactive ketones (excluding diaryl/α,β-unsaturated/α-hetero) is 1. The molecule has 1 saturated carbocycles. The summed E-state index contributed by atoms with van der Waals surface area (Å²) in [6.45, 7) is 1.95. The molecule has 2 aromatic rings. The summed E-state index contributed by atoms with van der Waals surface area (Å²) in [5, 5.41) is 0. The molecule has 2 atom stereocenters. The van der Waals surface area contributed by atoms with Crippen LogP contribution in [0.15, 0.2) is 48.5 Å². The van der Waals surface area contributed by atoms with Crippen molar-refractivity contribution in [2.45, 2.75) is 19.3 Å². The van der Waals surface area contributed by atoms with E-state index in [1.165, 1.54) is 5.56 Å². The molecule has 0 saturated heterocycles. The molecule has 96 valence electrons. The van der Waals surface area contributed by atoms with Crippen LogP contribution in [0.1, 0.15) is 33.8 Å². The predicted molar refractivity (Wildman–Crippen MR) is 77.2 cm³/mol. The minimum Gasteiger partial charge on any atom is -0.399 e. The fraction of sp³-hybridized carbons (Fsp3) is 0.235. The van der Waals surface area contributed by atoms with Crippen molar-refractivity contribution in [2.24, 2.45) is 5.92 Å². The van der Waals surface area contributed by atoms with Crippen molar-refractivity contribution in [3.8, 4) is 0 Å². The average Bonchev–Trinajstić information content (AvgIpc) is 3.19. The highest BCUT2D eigenvalue weighted by Gasteiger charge is 2.44. The van der Waals surface area contributed by atoms with Crippen molar-refractivity contribution < 1.29 is 4.79 Å². The second-order valence-corrected chi connectivity index (χ2v) is 5.30. The Hall–Kier alpha value is -2.09. The molecule has 0 amide bonds. The molecule has 0 aromatic heterocycles. The first-order chi connectivity index (χ1) is 9.16. The molecule has 0 heterocycles. The lowest BCUT2D eigenvalue weighted by atomic mass is 9.99. The minimum atomic E-state index is 0.143. The number of carbonyl (C=O) groups is 1. The molecular formula is C17H17NO. The molecule has 1 aliphatic carbocycles. The lowest BCUT2D eigenvalue weighted by Crippen LogP contribution is -2.06. The van der Waals surface area contributed by atoms with Crippen LogP contribution in [0.3, 0.4) is 0 Å². The van der Waals surface area contributed by atoms with Crippen molar-refractivity contribution in [3.05, 3.63) is 65.2 Å². The van der Waals surface area contributed by atoms with E-state index in [0.717, 1.165) is 17.5 Å². The highest BCUT2D eigenvalue weighted by Crippen LogP contribution is 2.49. The Bertz CT molecular complexity index is 618. The Morgan fingerprint density at radius 2 is 1.89 bits per heavy atom. The fourth-order valence-corrected chi connectivity index (χ4v) is 2.72.